The van der Waals surface area contributed by atoms with Gasteiger partial charge in [0.2, 0.25) is 0 Å². The summed E-state index contributed by atoms with van der Waals surface area (Å²) in [5, 5.41) is 0. The first-order valence-corrected chi connectivity index (χ1v) is 7.71. The lowest BCUT2D eigenvalue weighted by molar-refractivity contribution is -0.104. The number of hydrogen-bond acceptors (Lipinski definition) is 1. The van der Waals surface area contributed by atoms with Crippen LogP contribution in [0, 0.1) is 5.41 Å². The van der Waals surface area contributed by atoms with Crippen molar-refractivity contribution in [2.24, 2.45) is 5.41 Å². The maximum absolute atomic E-state index is 10.3. The highest BCUT2D eigenvalue weighted by Crippen LogP contribution is 2.40. The zero-order valence-electron chi connectivity index (χ0n) is 13.9. The maximum atomic E-state index is 10.3. The summed E-state index contributed by atoms with van der Waals surface area (Å²) in [6, 6.07) is 0. The van der Waals surface area contributed by atoms with Crippen LogP contribution < -0.4 is 0 Å². The van der Waals surface area contributed by atoms with Crippen LogP contribution in [0.1, 0.15) is 53.4 Å². The lowest BCUT2D eigenvalue weighted by atomic mass is 9.72. The number of carbonyl (C=O) groups excluding carboxylic acids is 1. The first-order valence-electron chi connectivity index (χ1n) is 7.71. The van der Waals surface area contributed by atoms with Crippen molar-refractivity contribution in [2.75, 3.05) is 0 Å². The molecule has 0 aromatic carbocycles. The van der Waals surface area contributed by atoms with Gasteiger partial charge < -0.3 is 0 Å². The standard InChI is InChI=1S/C20H28O/c1-16(8-6-9-17(2)13-15-21)11-12-19-18(3)10-7-14-20(19,4)5/h6,9,11-13,15H,1,7-8,10,14H2,2-5H3/b9-6+,12-11+,17-13+. The molecule has 0 saturated heterocycles. The van der Waals surface area contributed by atoms with E-state index in [0.29, 0.717) is 0 Å². The van der Waals surface area contributed by atoms with Gasteiger partial charge in [-0.3, -0.25) is 4.79 Å². The Balaban J connectivity index is 2.66. The third-order valence-electron chi connectivity index (χ3n) is 4.12. The van der Waals surface area contributed by atoms with Crippen molar-refractivity contribution < 1.29 is 4.79 Å². The molecule has 1 aliphatic carbocycles. The average Bonchev–Trinajstić information content (AvgIpc) is 2.37. The zero-order chi connectivity index (χ0) is 15.9. The van der Waals surface area contributed by atoms with Gasteiger partial charge in [-0.15, -0.1) is 0 Å². The van der Waals surface area contributed by atoms with Crippen molar-refractivity contribution in [1.29, 1.82) is 0 Å². The number of hydrogen-bond donors (Lipinski definition) is 0. The first kappa shape index (κ1) is 17.4. The van der Waals surface area contributed by atoms with Crippen molar-refractivity contribution >= 4 is 6.29 Å². The van der Waals surface area contributed by atoms with Gasteiger partial charge in [-0.25, -0.2) is 0 Å². The van der Waals surface area contributed by atoms with E-state index in [-0.39, 0.29) is 5.41 Å². The average molecular weight is 284 g/mol. The summed E-state index contributed by atoms with van der Waals surface area (Å²) in [7, 11) is 0. The predicted molar refractivity (Wildman–Crippen MR) is 92.2 cm³/mol. The molecule has 0 saturated carbocycles. The normalized spacial score (nSPS) is 19.5. The lowest BCUT2D eigenvalue weighted by Gasteiger charge is -2.33. The summed E-state index contributed by atoms with van der Waals surface area (Å²) in [4.78, 5) is 10.3. The van der Waals surface area contributed by atoms with E-state index >= 15 is 0 Å². The van der Waals surface area contributed by atoms with Gasteiger partial charge in [-0.05, 0) is 62.2 Å². The second-order valence-corrected chi connectivity index (χ2v) is 6.58. The molecule has 0 unspecified atom stereocenters. The molecular weight excluding hydrogens is 256 g/mol. The SMILES string of the molecule is C=C(/C=C/C1=C(C)CCCC1(C)C)C/C=C/C(C)=C/C=O. The van der Waals surface area contributed by atoms with Crippen LogP contribution in [-0.4, -0.2) is 6.29 Å². The van der Waals surface area contributed by atoms with Crippen molar-refractivity contribution in [2.45, 2.75) is 53.4 Å². The Labute approximate surface area is 129 Å². The fourth-order valence-electron chi connectivity index (χ4n) is 2.84. The number of rotatable bonds is 6. The molecule has 0 atom stereocenters. The van der Waals surface area contributed by atoms with E-state index in [2.05, 4.69) is 45.6 Å². The van der Waals surface area contributed by atoms with Gasteiger partial charge in [0.05, 0.1) is 0 Å². The molecule has 114 valence electrons. The highest BCUT2D eigenvalue weighted by molar-refractivity contribution is 5.66. The van der Waals surface area contributed by atoms with Gasteiger partial charge in [0.1, 0.15) is 6.29 Å². The molecule has 0 amide bonds. The molecule has 1 rings (SSSR count). The van der Waals surface area contributed by atoms with E-state index in [1.54, 1.807) is 6.08 Å². The molecule has 1 heteroatoms. The molecule has 21 heavy (non-hydrogen) atoms. The highest BCUT2D eigenvalue weighted by atomic mass is 16.1. The zero-order valence-corrected chi connectivity index (χ0v) is 13.9. The van der Waals surface area contributed by atoms with E-state index in [4.69, 9.17) is 0 Å². The maximum Gasteiger partial charge on any atom is 0.143 e. The molecule has 0 spiro atoms. The van der Waals surface area contributed by atoms with Gasteiger partial charge in [-0.2, -0.15) is 0 Å². The van der Waals surface area contributed by atoms with Crippen molar-refractivity contribution in [3.05, 3.63) is 59.3 Å². The van der Waals surface area contributed by atoms with Crippen LogP contribution in [0.2, 0.25) is 0 Å². The first-order chi connectivity index (χ1) is 9.86. The Morgan fingerprint density at radius 3 is 2.67 bits per heavy atom. The molecule has 0 heterocycles. The van der Waals surface area contributed by atoms with Gasteiger partial charge in [-0.1, -0.05) is 55.9 Å². The Bertz CT molecular complexity index is 510. The Morgan fingerprint density at radius 2 is 2.05 bits per heavy atom. The molecule has 1 nitrogen and oxygen atoms in total. The third kappa shape index (κ3) is 5.71. The fourth-order valence-corrected chi connectivity index (χ4v) is 2.84. The molecule has 0 bridgehead atoms. The number of carbonyl (C=O) groups is 1. The summed E-state index contributed by atoms with van der Waals surface area (Å²) in [5.74, 6) is 0. The summed E-state index contributed by atoms with van der Waals surface area (Å²) < 4.78 is 0. The van der Waals surface area contributed by atoms with Crippen molar-refractivity contribution in [3.63, 3.8) is 0 Å². The van der Waals surface area contributed by atoms with E-state index < -0.39 is 0 Å². The van der Waals surface area contributed by atoms with Crippen LogP contribution in [0.5, 0.6) is 0 Å². The smallest absolute Gasteiger partial charge is 0.143 e. The van der Waals surface area contributed by atoms with Crippen LogP contribution in [0.3, 0.4) is 0 Å². The van der Waals surface area contributed by atoms with Crippen LogP contribution in [-0.2, 0) is 4.79 Å². The van der Waals surface area contributed by atoms with Crippen molar-refractivity contribution in [1.82, 2.24) is 0 Å². The fraction of sp³-hybridized carbons (Fsp3) is 0.450. The quantitative estimate of drug-likeness (QED) is 0.346. The summed E-state index contributed by atoms with van der Waals surface area (Å²) >= 11 is 0. The summed E-state index contributed by atoms with van der Waals surface area (Å²) in [6.45, 7) is 12.9. The highest BCUT2D eigenvalue weighted by Gasteiger charge is 2.26. The van der Waals surface area contributed by atoms with E-state index in [1.807, 2.05) is 13.0 Å². The lowest BCUT2D eigenvalue weighted by Crippen LogP contribution is -2.19. The van der Waals surface area contributed by atoms with Crippen LogP contribution in [0.15, 0.2) is 59.3 Å². The van der Waals surface area contributed by atoms with Gasteiger partial charge in [0.15, 0.2) is 0 Å². The minimum atomic E-state index is 0.276. The Morgan fingerprint density at radius 1 is 1.33 bits per heavy atom. The molecule has 0 aromatic heterocycles. The van der Waals surface area contributed by atoms with Gasteiger partial charge in [0.25, 0.3) is 0 Å². The van der Waals surface area contributed by atoms with E-state index in [1.165, 1.54) is 30.4 Å². The second kappa shape index (κ2) is 7.97. The van der Waals surface area contributed by atoms with Crippen LogP contribution in [0.25, 0.3) is 0 Å². The topological polar surface area (TPSA) is 17.1 Å². The third-order valence-corrected chi connectivity index (χ3v) is 4.12. The predicted octanol–water partition coefficient (Wildman–Crippen LogP) is 5.72. The molecule has 0 aromatic rings. The van der Waals surface area contributed by atoms with E-state index in [0.717, 1.165) is 23.9 Å². The molecular formula is C20H28O. The minimum absolute atomic E-state index is 0.276. The molecule has 1 aliphatic rings. The largest absolute Gasteiger partial charge is 0.299 e. The summed E-state index contributed by atoms with van der Waals surface area (Å²) in [6.07, 6.45) is 15.3. The van der Waals surface area contributed by atoms with Crippen LogP contribution in [0.4, 0.5) is 0 Å². The second-order valence-electron chi connectivity index (χ2n) is 6.58. The minimum Gasteiger partial charge on any atom is -0.299 e. The monoisotopic (exact) mass is 284 g/mol. The Hall–Kier alpha value is -1.63. The molecule has 0 N–H and O–H groups in total. The number of aldehydes is 1. The molecule has 0 radical (unpaired) electrons. The number of allylic oxidation sites excluding steroid dienone is 9. The molecule has 0 fully saturated rings. The van der Waals surface area contributed by atoms with Gasteiger partial charge in [0, 0.05) is 0 Å². The summed E-state index contributed by atoms with van der Waals surface area (Å²) in [5.41, 5.74) is 5.31. The van der Waals surface area contributed by atoms with Crippen LogP contribution >= 0.6 is 0 Å². The Kier molecular flexibility index (Phi) is 6.61. The van der Waals surface area contributed by atoms with Crippen molar-refractivity contribution in [3.8, 4) is 0 Å². The molecule has 0 aliphatic heterocycles. The van der Waals surface area contributed by atoms with E-state index in [9.17, 15) is 4.79 Å². The van der Waals surface area contributed by atoms with Gasteiger partial charge >= 0.3 is 0 Å².